The predicted molar refractivity (Wildman–Crippen MR) is 97.3 cm³/mol. The Bertz CT molecular complexity index is 751. The van der Waals surface area contributed by atoms with Gasteiger partial charge in [-0.15, -0.1) is 13.2 Å². The molecule has 0 spiro atoms. The Morgan fingerprint density at radius 3 is 2.37 bits per heavy atom. The third-order valence-corrected chi connectivity index (χ3v) is 4.55. The van der Waals surface area contributed by atoms with Crippen LogP contribution in [0.2, 0.25) is 0 Å². The van der Waals surface area contributed by atoms with Crippen molar-refractivity contribution in [2.75, 3.05) is 26.2 Å². The van der Waals surface area contributed by atoms with Gasteiger partial charge in [0.05, 0.1) is 5.69 Å². The van der Waals surface area contributed by atoms with Crippen LogP contribution in [0.1, 0.15) is 23.4 Å². The van der Waals surface area contributed by atoms with Crippen LogP contribution in [0.5, 0.6) is 5.75 Å². The number of aromatic nitrogens is 1. The van der Waals surface area contributed by atoms with Crippen molar-refractivity contribution in [2.24, 2.45) is 0 Å². The molecule has 1 aliphatic heterocycles. The lowest BCUT2D eigenvalue weighted by Crippen LogP contribution is -2.30. The van der Waals surface area contributed by atoms with Crippen LogP contribution in [0.25, 0.3) is 0 Å². The molecule has 27 heavy (non-hydrogen) atoms. The van der Waals surface area contributed by atoms with Crippen molar-refractivity contribution in [3.63, 3.8) is 0 Å². The van der Waals surface area contributed by atoms with Gasteiger partial charge in [-0.05, 0) is 56.3 Å². The molecule has 0 amide bonds. The number of benzene rings is 1. The van der Waals surface area contributed by atoms with Gasteiger partial charge in [-0.3, -0.25) is 14.8 Å². The van der Waals surface area contributed by atoms with Crippen molar-refractivity contribution in [2.45, 2.75) is 32.8 Å². The van der Waals surface area contributed by atoms with Gasteiger partial charge in [-0.1, -0.05) is 18.2 Å². The summed E-state index contributed by atoms with van der Waals surface area (Å²) in [7, 11) is 0. The number of hydrogen-bond donors (Lipinski definition) is 0. The maximum absolute atomic E-state index is 12.4. The van der Waals surface area contributed by atoms with E-state index in [0.717, 1.165) is 56.1 Å². The first-order valence-corrected chi connectivity index (χ1v) is 9.09. The average Bonchev–Trinajstić information content (AvgIpc) is 2.79. The van der Waals surface area contributed by atoms with Crippen molar-refractivity contribution in [3.8, 4) is 5.75 Å². The van der Waals surface area contributed by atoms with Gasteiger partial charge in [0.1, 0.15) is 5.75 Å². The summed E-state index contributed by atoms with van der Waals surface area (Å²) in [5.74, 6) is -0.165. The van der Waals surface area contributed by atoms with Crippen LogP contribution in [0.15, 0.2) is 42.5 Å². The monoisotopic (exact) mass is 379 g/mol. The lowest BCUT2D eigenvalue weighted by Gasteiger charge is -2.22. The molecule has 0 bridgehead atoms. The van der Waals surface area contributed by atoms with Gasteiger partial charge in [-0.25, -0.2) is 0 Å². The van der Waals surface area contributed by atoms with Crippen LogP contribution in [-0.4, -0.2) is 47.3 Å². The van der Waals surface area contributed by atoms with Gasteiger partial charge in [0.25, 0.3) is 0 Å². The Morgan fingerprint density at radius 2 is 1.67 bits per heavy atom. The lowest BCUT2D eigenvalue weighted by molar-refractivity contribution is -0.274. The van der Waals surface area contributed by atoms with E-state index in [1.807, 2.05) is 31.2 Å². The average molecular weight is 379 g/mol. The standard InChI is InChI=1S/C20H24F3N3O/c1-16-5-2-7-18(24-16)15-26-10-4-9-25(11-12-26)14-17-6-3-8-19(13-17)27-20(21,22)23/h2-3,5-8,13H,4,9-12,14-15H2,1H3. The van der Waals surface area contributed by atoms with Gasteiger partial charge >= 0.3 is 6.36 Å². The molecule has 0 atom stereocenters. The fourth-order valence-electron chi connectivity index (χ4n) is 3.36. The van der Waals surface area contributed by atoms with E-state index in [4.69, 9.17) is 0 Å². The van der Waals surface area contributed by atoms with Crippen molar-refractivity contribution in [1.29, 1.82) is 0 Å². The lowest BCUT2D eigenvalue weighted by atomic mass is 10.2. The number of ether oxygens (including phenoxy) is 1. The number of aryl methyl sites for hydroxylation is 1. The fourth-order valence-corrected chi connectivity index (χ4v) is 3.36. The summed E-state index contributed by atoms with van der Waals surface area (Å²) >= 11 is 0. The highest BCUT2D eigenvalue weighted by Gasteiger charge is 2.31. The van der Waals surface area contributed by atoms with Crippen molar-refractivity contribution in [1.82, 2.24) is 14.8 Å². The summed E-state index contributed by atoms with van der Waals surface area (Å²) in [6.07, 6.45) is -3.64. The first kappa shape index (κ1) is 19.6. The summed E-state index contributed by atoms with van der Waals surface area (Å²) < 4.78 is 41.2. The summed E-state index contributed by atoms with van der Waals surface area (Å²) in [6.45, 7) is 7.12. The van der Waals surface area contributed by atoms with Crippen LogP contribution in [0.4, 0.5) is 13.2 Å². The molecule has 0 unspecified atom stereocenters. The van der Waals surface area contributed by atoms with Gasteiger partial charge in [-0.2, -0.15) is 0 Å². The molecule has 0 aliphatic carbocycles. The zero-order chi connectivity index (χ0) is 19.3. The normalized spacial score (nSPS) is 16.9. The third kappa shape index (κ3) is 6.52. The Morgan fingerprint density at radius 1 is 0.963 bits per heavy atom. The van der Waals surface area contributed by atoms with Crippen molar-refractivity contribution >= 4 is 0 Å². The quantitative estimate of drug-likeness (QED) is 0.785. The molecule has 1 saturated heterocycles. The van der Waals surface area contributed by atoms with Gasteiger partial charge < -0.3 is 4.74 Å². The second-order valence-electron chi connectivity index (χ2n) is 6.87. The Kier molecular flexibility index (Phi) is 6.34. The first-order valence-electron chi connectivity index (χ1n) is 9.09. The number of rotatable bonds is 5. The molecular formula is C20H24F3N3O. The minimum atomic E-state index is -4.66. The topological polar surface area (TPSA) is 28.6 Å². The van der Waals surface area contributed by atoms with E-state index in [1.54, 1.807) is 6.07 Å². The van der Waals surface area contributed by atoms with Crippen LogP contribution >= 0.6 is 0 Å². The van der Waals surface area contributed by atoms with E-state index >= 15 is 0 Å². The molecule has 7 heteroatoms. The van der Waals surface area contributed by atoms with Crippen molar-refractivity contribution < 1.29 is 17.9 Å². The number of hydrogen-bond acceptors (Lipinski definition) is 4. The second-order valence-corrected chi connectivity index (χ2v) is 6.87. The van der Waals surface area contributed by atoms with E-state index in [9.17, 15) is 13.2 Å². The van der Waals surface area contributed by atoms with E-state index in [1.165, 1.54) is 12.1 Å². The Balaban J connectivity index is 1.54. The summed E-state index contributed by atoms with van der Waals surface area (Å²) in [4.78, 5) is 9.22. The largest absolute Gasteiger partial charge is 0.573 e. The molecule has 1 aliphatic rings. The highest BCUT2D eigenvalue weighted by atomic mass is 19.4. The van der Waals surface area contributed by atoms with E-state index in [0.29, 0.717) is 6.54 Å². The van der Waals surface area contributed by atoms with E-state index in [-0.39, 0.29) is 5.75 Å². The van der Waals surface area contributed by atoms with Crippen LogP contribution in [-0.2, 0) is 13.1 Å². The first-order chi connectivity index (χ1) is 12.9. The maximum Gasteiger partial charge on any atom is 0.573 e. The summed E-state index contributed by atoms with van der Waals surface area (Å²) in [6, 6.07) is 12.3. The number of pyridine rings is 1. The van der Waals surface area contributed by atoms with Crippen LogP contribution in [0, 0.1) is 6.92 Å². The molecule has 1 fully saturated rings. The second kappa shape index (κ2) is 8.71. The van der Waals surface area contributed by atoms with E-state index < -0.39 is 6.36 Å². The SMILES string of the molecule is Cc1cccc(CN2CCCN(Cc3cccc(OC(F)(F)F)c3)CC2)n1. The fraction of sp³-hybridized carbons (Fsp3) is 0.450. The molecule has 2 heterocycles. The smallest absolute Gasteiger partial charge is 0.406 e. The van der Waals surface area contributed by atoms with Gasteiger partial charge in [0.2, 0.25) is 0 Å². The van der Waals surface area contributed by atoms with Crippen LogP contribution < -0.4 is 4.74 Å². The molecule has 1 aromatic carbocycles. The minimum Gasteiger partial charge on any atom is -0.406 e. The molecule has 2 aromatic rings. The molecule has 0 radical (unpaired) electrons. The van der Waals surface area contributed by atoms with Gasteiger partial charge in [0, 0.05) is 31.9 Å². The maximum atomic E-state index is 12.4. The zero-order valence-electron chi connectivity index (χ0n) is 15.4. The van der Waals surface area contributed by atoms with Crippen LogP contribution in [0.3, 0.4) is 0 Å². The van der Waals surface area contributed by atoms with E-state index in [2.05, 4.69) is 19.5 Å². The minimum absolute atomic E-state index is 0.165. The Labute approximate surface area is 157 Å². The Hall–Kier alpha value is -2.12. The summed E-state index contributed by atoms with van der Waals surface area (Å²) in [5.41, 5.74) is 2.91. The predicted octanol–water partition coefficient (Wildman–Crippen LogP) is 4.00. The van der Waals surface area contributed by atoms with Crippen molar-refractivity contribution in [3.05, 3.63) is 59.4 Å². The molecular weight excluding hydrogens is 355 g/mol. The molecule has 1 aromatic heterocycles. The number of nitrogens with zero attached hydrogens (tertiary/aromatic N) is 3. The molecule has 3 rings (SSSR count). The number of halogens is 3. The molecule has 146 valence electrons. The number of alkyl halides is 3. The highest BCUT2D eigenvalue weighted by Crippen LogP contribution is 2.24. The van der Waals surface area contributed by atoms with Gasteiger partial charge in [0.15, 0.2) is 0 Å². The molecule has 4 nitrogen and oxygen atoms in total. The zero-order valence-corrected chi connectivity index (χ0v) is 15.4. The molecule has 0 N–H and O–H groups in total. The molecule has 0 saturated carbocycles. The third-order valence-electron chi connectivity index (χ3n) is 4.55. The summed E-state index contributed by atoms with van der Waals surface area (Å²) in [5, 5.41) is 0. The highest BCUT2D eigenvalue weighted by molar-refractivity contribution is 5.28.